The van der Waals surface area contributed by atoms with Crippen molar-refractivity contribution in [2.24, 2.45) is 0 Å². The first-order valence-corrected chi connectivity index (χ1v) is 8.09. The van der Waals surface area contributed by atoms with Gasteiger partial charge in [-0.25, -0.2) is 4.39 Å². The number of ether oxygens (including phenoxy) is 1. The van der Waals surface area contributed by atoms with E-state index in [0.29, 0.717) is 32.8 Å². The Morgan fingerprint density at radius 1 is 1.30 bits per heavy atom. The molecule has 1 unspecified atom stereocenters. The van der Waals surface area contributed by atoms with Crippen LogP contribution in [0.5, 0.6) is 5.75 Å². The van der Waals surface area contributed by atoms with Crippen molar-refractivity contribution in [2.45, 2.75) is 4.83 Å². The summed E-state index contributed by atoms with van der Waals surface area (Å²) < 4.78 is 18.6. The number of hydrogen-bond acceptors (Lipinski definition) is 2. The summed E-state index contributed by atoms with van der Waals surface area (Å²) >= 11 is 9.38. The molecule has 0 saturated carbocycles. The Balaban J connectivity index is 2.02. The van der Waals surface area contributed by atoms with Gasteiger partial charge in [-0.1, -0.05) is 33.6 Å². The highest BCUT2D eigenvalue weighted by Gasteiger charge is 2.24. The molecule has 0 fully saturated rings. The zero-order chi connectivity index (χ0) is 16.6. The van der Waals surface area contributed by atoms with Gasteiger partial charge in [0.15, 0.2) is 5.78 Å². The minimum Gasteiger partial charge on any atom is -0.496 e. The lowest BCUT2D eigenvalue weighted by atomic mass is 10.1. The standard InChI is InChI=1S/C17H12BrClFNO2/c1-23-15-6-9(19)2-4-12(15)16(18)17(22)13-8-21-14-7-10(20)3-5-11(13)14/h2-8,16,21H,1H3/i17+1. The summed E-state index contributed by atoms with van der Waals surface area (Å²) in [5.74, 6) is 0.0233. The van der Waals surface area contributed by atoms with Crippen LogP contribution in [0.1, 0.15) is 20.7 Å². The summed E-state index contributed by atoms with van der Waals surface area (Å²) in [6, 6.07) is 9.38. The van der Waals surface area contributed by atoms with E-state index in [2.05, 4.69) is 20.9 Å². The molecule has 0 bridgehead atoms. The molecule has 0 aliphatic carbocycles. The summed E-state index contributed by atoms with van der Waals surface area (Å²) in [6.07, 6.45) is 1.59. The Hall–Kier alpha value is -1.85. The number of halogens is 3. The van der Waals surface area contributed by atoms with E-state index in [9.17, 15) is 9.18 Å². The number of hydrogen-bond donors (Lipinski definition) is 1. The number of methoxy groups -OCH3 is 1. The maximum Gasteiger partial charge on any atom is 0.183 e. The topological polar surface area (TPSA) is 42.1 Å². The third kappa shape index (κ3) is 2.99. The second-order valence-corrected chi connectivity index (χ2v) is 6.36. The molecule has 0 spiro atoms. The molecule has 3 nitrogen and oxygen atoms in total. The van der Waals surface area contributed by atoms with Gasteiger partial charge in [0.1, 0.15) is 16.4 Å². The summed E-state index contributed by atoms with van der Waals surface area (Å²) in [6.45, 7) is 0. The molecule has 23 heavy (non-hydrogen) atoms. The van der Waals surface area contributed by atoms with Crippen LogP contribution in [0.4, 0.5) is 4.39 Å². The number of ketones is 1. The molecule has 3 aromatic rings. The lowest BCUT2D eigenvalue weighted by molar-refractivity contribution is 0.0992. The minimum absolute atomic E-state index is 0.150. The van der Waals surface area contributed by atoms with Gasteiger partial charge in [0.25, 0.3) is 0 Å². The van der Waals surface area contributed by atoms with Crippen molar-refractivity contribution < 1.29 is 13.9 Å². The SMILES string of the molecule is COc1cc(Cl)ccc1C(Br)[13C](=O)c1c[nH]c2cc(F)ccc12. The number of rotatable bonds is 4. The summed E-state index contributed by atoms with van der Waals surface area (Å²) in [4.78, 5) is 15.1. The maximum absolute atomic E-state index is 13.3. The van der Waals surface area contributed by atoms with E-state index in [4.69, 9.17) is 16.3 Å². The number of fused-ring (bicyclic) bond motifs is 1. The van der Waals surface area contributed by atoms with Gasteiger partial charge < -0.3 is 9.72 Å². The third-order valence-corrected chi connectivity index (χ3v) is 4.75. The number of alkyl halides is 1. The molecular weight excluding hydrogens is 386 g/mol. The average molecular weight is 398 g/mol. The fraction of sp³-hybridized carbons (Fsp3) is 0.118. The largest absolute Gasteiger partial charge is 0.496 e. The van der Waals surface area contributed by atoms with Gasteiger partial charge in [0.05, 0.1) is 7.11 Å². The second-order valence-electron chi connectivity index (χ2n) is 5.01. The van der Waals surface area contributed by atoms with E-state index < -0.39 is 4.83 Å². The van der Waals surface area contributed by atoms with E-state index in [-0.39, 0.29) is 11.6 Å². The zero-order valence-electron chi connectivity index (χ0n) is 12.1. The Morgan fingerprint density at radius 2 is 2.09 bits per heavy atom. The molecule has 0 aliphatic heterocycles. The number of aromatic nitrogens is 1. The molecule has 0 saturated heterocycles. The van der Waals surface area contributed by atoms with Crippen molar-refractivity contribution in [3.05, 3.63) is 64.6 Å². The van der Waals surface area contributed by atoms with Gasteiger partial charge in [0.2, 0.25) is 0 Å². The molecule has 2 aromatic carbocycles. The highest BCUT2D eigenvalue weighted by Crippen LogP contribution is 2.36. The van der Waals surface area contributed by atoms with Crippen molar-refractivity contribution >= 4 is 44.2 Å². The molecular formula is C17H12BrClFNO2. The van der Waals surface area contributed by atoms with Gasteiger partial charge in [-0.2, -0.15) is 0 Å². The molecule has 1 atom stereocenters. The van der Waals surface area contributed by atoms with Crippen molar-refractivity contribution in [1.82, 2.24) is 4.98 Å². The summed E-state index contributed by atoms with van der Waals surface area (Å²) in [7, 11) is 1.52. The number of Topliss-reactive ketones (excluding diaryl/α,β-unsaturated/α-hetero) is 1. The normalized spacial score (nSPS) is 12.3. The summed E-state index contributed by atoms with van der Waals surface area (Å²) in [5.41, 5.74) is 1.74. The van der Waals surface area contributed by atoms with Crippen LogP contribution in [-0.2, 0) is 0 Å². The van der Waals surface area contributed by atoms with E-state index in [1.807, 2.05) is 0 Å². The van der Waals surface area contributed by atoms with Gasteiger partial charge >= 0.3 is 0 Å². The first-order valence-electron chi connectivity index (χ1n) is 6.79. The van der Waals surface area contributed by atoms with E-state index in [0.717, 1.165) is 0 Å². The van der Waals surface area contributed by atoms with E-state index in [1.54, 1.807) is 30.5 Å². The Labute approximate surface area is 145 Å². The number of aromatic amines is 1. The fourth-order valence-corrected chi connectivity index (χ4v) is 3.26. The molecule has 118 valence electrons. The van der Waals surface area contributed by atoms with Crippen LogP contribution in [0.15, 0.2) is 42.6 Å². The quantitative estimate of drug-likeness (QED) is 0.369. The number of benzene rings is 2. The second kappa shape index (κ2) is 6.34. The Morgan fingerprint density at radius 3 is 2.83 bits per heavy atom. The number of H-pyrrole nitrogens is 1. The number of carbonyl (C=O) groups is 1. The first kappa shape index (κ1) is 16.0. The average Bonchev–Trinajstić information content (AvgIpc) is 2.96. The lowest BCUT2D eigenvalue weighted by Crippen LogP contribution is -2.08. The van der Waals surface area contributed by atoms with Gasteiger partial charge in [0, 0.05) is 33.2 Å². The number of nitrogens with one attached hydrogen (secondary N) is 1. The number of carbonyl (C=O) groups excluding carboxylic acids is 1. The Bertz CT molecular complexity index is 893. The molecule has 1 aromatic heterocycles. The molecule has 1 N–H and O–H groups in total. The molecule has 6 heteroatoms. The van der Waals surface area contributed by atoms with Crippen LogP contribution in [0.3, 0.4) is 0 Å². The molecule has 3 rings (SSSR count). The van der Waals surface area contributed by atoms with Crippen LogP contribution in [-0.4, -0.2) is 17.9 Å². The van der Waals surface area contributed by atoms with Gasteiger partial charge in [-0.3, -0.25) is 4.79 Å². The monoisotopic (exact) mass is 396 g/mol. The highest BCUT2D eigenvalue weighted by atomic mass is 79.9. The van der Waals surface area contributed by atoms with Crippen molar-refractivity contribution in [2.75, 3.05) is 7.11 Å². The fourth-order valence-electron chi connectivity index (χ4n) is 2.47. The predicted molar refractivity (Wildman–Crippen MR) is 92.3 cm³/mol. The van der Waals surface area contributed by atoms with Crippen LogP contribution in [0, 0.1) is 5.82 Å². The smallest absolute Gasteiger partial charge is 0.183 e. The van der Waals surface area contributed by atoms with Crippen LogP contribution in [0.25, 0.3) is 10.9 Å². The summed E-state index contributed by atoms with van der Waals surface area (Å²) in [5, 5.41) is 1.20. The minimum atomic E-state index is -0.598. The van der Waals surface area contributed by atoms with E-state index >= 15 is 0 Å². The van der Waals surface area contributed by atoms with Crippen LogP contribution in [0.2, 0.25) is 5.02 Å². The molecule has 1 heterocycles. The lowest BCUT2D eigenvalue weighted by Gasteiger charge is -2.13. The molecule has 0 amide bonds. The maximum atomic E-state index is 13.3. The van der Waals surface area contributed by atoms with Crippen molar-refractivity contribution in [1.29, 1.82) is 0 Å². The zero-order valence-corrected chi connectivity index (χ0v) is 14.4. The first-order chi connectivity index (χ1) is 11.0. The van der Waals surface area contributed by atoms with E-state index in [1.165, 1.54) is 19.2 Å². The molecule has 0 radical (unpaired) electrons. The van der Waals surface area contributed by atoms with Crippen LogP contribution >= 0.6 is 27.5 Å². The Kier molecular flexibility index (Phi) is 4.41. The van der Waals surface area contributed by atoms with Crippen LogP contribution < -0.4 is 4.74 Å². The highest BCUT2D eigenvalue weighted by molar-refractivity contribution is 9.09. The predicted octanol–water partition coefficient (Wildman–Crippen LogP) is 5.29. The molecule has 0 aliphatic rings. The van der Waals surface area contributed by atoms with Gasteiger partial charge in [-0.05, 0) is 30.3 Å². The van der Waals surface area contributed by atoms with Gasteiger partial charge in [-0.15, -0.1) is 0 Å². The van der Waals surface area contributed by atoms with Crippen molar-refractivity contribution in [3.63, 3.8) is 0 Å². The van der Waals surface area contributed by atoms with Crippen molar-refractivity contribution in [3.8, 4) is 5.75 Å². The third-order valence-electron chi connectivity index (χ3n) is 3.61.